The molecule has 2 aromatic carbocycles. The number of methoxy groups -OCH3 is 2. The van der Waals surface area contributed by atoms with Crippen LogP contribution in [0.15, 0.2) is 42.5 Å². The lowest BCUT2D eigenvalue weighted by molar-refractivity contribution is 0.0989. The molecule has 0 heterocycles. The summed E-state index contributed by atoms with van der Waals surface area (Å²) in [7, 11) is 2.89. The Kier molecular flexibility index (Phi) is 4.35. The van der Waals surface area contributed by atoms with E-state index in [1.54, 1.807) is 36.4 Å². The van der Waals surface area contributed by atoms with Crippen molar-refractivity contribution in [3.8, 4) is 11.5 Å². The first-order valence-electron chi connectivity index (χ1n) is 6.15. The van der Waals surface area contributed by atoms with Crippen LogP contribution in [0.4, 0.5) is 4.39 Å². The van der Waals surface area contributed by atoms with Gasteiger partial charge in [0, 0.05) is 6.42 Å². The molecule has 0 unspecified atom stereocenters. The van der Waals surface area contributed by atoms with Crippen molar-refractivity contribution in [3.63, 3.8) is 0 Å². The average Bonchev–Trinajstić information content (AvgIpc) is 2.49. The van der Waals surface area contributed by atoms with E-state index in [4.69, 9.17) is 9.47 Å². The van der Waals surface area contributed by atoms with Crippen LogP contribution in [-0.2, 0) is 6.42 Å². The van der Waals surface area contributed by atoms with Crippen LogP contribution in [0.25, 0.3) is 0 Å². The normalized spacial score (nSPS) is 10.2. The lowest BCUT2D eigenvalue weighted by Gasteiger charge is -2.09. The zero-order valence-corrected chi connectivity index (χ0v) is 11.4. The monoisotopic (exact) mass is 274 g/mol. The van der Waals surface area contributed by atoms with E-state index in [-0.39, 0.29) is 18.0 Å². The minimum atomic E-state index is -0.502. The summed E-state index contributed by atoms with van der Waals surface area (Å²) in [6, 6.07) is 11.7. The quantitative estimate of drug-likeness (QED) is 0.785. The highest BCUT2D eigenvalue weighted by Gasteiger charge is 2.16. The van der Waals surface area contributed by atoms with Crippen LogP contribution in [0.5, 0.6) is 11.5 Å². The molecule has 3 nitrogen and oxygen atoms in total. The zero-order valence-electron chi connectivity index (χ0n) is 11.4. The number of para-hydroxylation sites is 1. The Labute approximate surface area is 117 Å². The number of ketones is 1. The van der Waals surface area contributed by atoms with Crippen molar-refractivity contribution in [2.45, 2.75) is 6.42 Å². The van der Waals surface area contributed by atoms with Crippen LogP contribution in [0.1, 0.15) is 15.9 Å². The van der Waals surface area contributed by atoms with Crippen molar-refractivity contribution in [3.05, 3.63) is 59.4 Å². The molecule has 0 saturated carbocycles. The molecule has 0 fully saturated rings. The van der Waals surface area contributed by atoms with Gasteiger partial charge in [-0.05, 0) is 23.8 Å². The highest BCUT2D eigenvalue weighted by molar-refractivity contribution is 6.00. The fraction of sp³-hybridized carbons (Fsp3) is 0.188. The number of hydrogen-bond acceptors (Lipinski definition) is 3. The van der Waals surface area contributed by atoms with Crippen molar-refractivity contribution in [2.24, 2.45) is 0 Å². The van der Waals surface area contributed by atoms with Crippen LogP contribution in [0.3, 0.4) is 0 Å². The number of halogens is 1. The van der Waals surface area contributed by atoms with Crippen molar-refractivity contribution in [1.29, 1.82) is 0 Å². The summed E-state index contributed by atoms with van der Waals surface area (Å²) in [6.45, 7) is 0. The van der Waals surface area contributed by atoms with Gasteiger partial charge in [-0.25, -0.2) is 4.39 Å². The number of carbonyl (C=O) groups excluding carboxylic acids is 1. The van der Waals surface area contributed by atoms with E-state index in [0.29, 0.717) is 16.9 Å². The lowest BCUT2D eigenvalue weighted by atomic mass is 10.0. The molecule has 0 saturated heterocycles. The molecule has 0 aliphatic heterocycles. The summed E-state index contributed by atoms with van der Waals surface area (Å²) in [5.74, 6) is -0.0796. The largest absolute Gasteiger partial charge is 0.496 e. The smallest absolute Gasteiger partial charge is 0.171 e. The summed E-state index contributed by atoms with van der Waals surface area (Å²) in [6.07, 6.45) is -0.0383. The fourth-order valence-corrected chi connectivity index (χ4v) is 1.99. The van der Waals surface area contributed by atoms with Crippen LogP contribution in [-0.4, -0.2) is 20.0 Å². The Hall–Kier alpha value is -2.36. The van der Waals surface area contributed by atoms with Crippen LogP contribution in [0.2, 0.25) is 0 Å². The molecule has 0 spiro atoms. The number of carbonyl (C=O) groups is 1. The number of ether oxygens (including phenoxy) is 2. The summed E-state index contributed by atoms with van der Waals surface area (Å²) < 4.78 is 24.1. The molecule has 20 heavy (non-hydrogen) atoms. The second-order valence-corrected chi connectivity index (χ2v) is 4.23. The zero-order chi connectivity index (χ0) is 14.5. The molecule has 0 bridgehead atoms. The van der Waals surface area contributed by atoms with Gasteiger partial charge >= 0.3 is 0 Å². The van der Waals surface area contributed by atoms with Gasteiger partial charge in [-0.1, -0.05) is 24.3 Å². The molecule has 2 aromatic rings. The molecule has 0 radical (unpaired) electrons. The van der Waals surface area contributed by atoms with Crippen molar-refractivity contribution in [1.82, 2.24) is 0 Å². The standard InChI is InChI=1S/C16H15FO3/c1-19-14-8-4-3-7-12(14)13(18)10-11-6-5-9-15(20-2)16(11)17/h3-9H,10H2,1-2H3. The van der Waals surface area contributed by atoms with E-state index in [2.05, 4.69) is 0 Å². The Bertz CT molecular complexity index is 623. The third kappa shape index (κ3) is 2.79. The van der Waals surface area contributed by atoms with E-state index >= 15 is 0 Å². The first-order valence-corrected chi connectivity index (χ1v) is 6.15. The minimum Gasteiger partial charge on any atom is -0.496 e. The fourth-order valence-electron chi connectivity index (χ4n) is 1.99. The maximum Gasteiger partial charge on any atom is 0.171 e. The van der Waals surface area contributed by atoms with E-state index in [1.807, 2.05) is 0 Å². The maximum atomic E-state index is 14.0. The summed E-state index contributed by atoms with van der Waals surface area (Å²) >= 11 is 0. The van der Waals surface area contributed by atoms with Gasteiger partial charge < -0.3 is 9.47 Å². The topological polar surface area (TPSA) is 35.5 Å². The van der Waals surface area contributed by atoms with E-state index in [1.165, 1.54) is 20.3 Å². The Morgan fingerprint density at radius 1 is 1.00 bits per heavy atom. The van der Waals surface area contributed by atoms with Crippen molar-refractivity contribution in [2.75, 3.05) is 14.2 Å². The molecule has 0 amide bonds. The minimum absolute atomic E-state index is 0.0383. The molecule has 0 aliphatic rings. The van der Waals surface area contributed by atoms with Gasteiger partial charge in [0.25, 0.3) is 0 Å². The molecule has 0 N–H and O–H groups in total. The van der Waals surface area contributed by atoms with Gasteiger partial charge in [-0.2, -0.15) is 0 Å². The van der Waals surface area contributed by atoms with E-state index < -0.39 is 5.82 Å². The molecule has 2 rings (SSSR count). The van der Waals surface area contributed by atoms with E-state index in [9.17, 15) is 9.18 Å². The average molecular weight is 274 g/mol. The maximum absolute atomic E-state index is 14.0. The predicted octanol–water partition coefficient (Wildman–Crippen LogP) is 3.27. The molecule has 0 aromatic heterocycles. The van der Waals surface area contributed by atoms with Gasteiger partial charge in [0.05, 0.1) is 19.8 Å². The highest BCUT2D eigenvalue weighted by atomic mass is 19.1. The molecular weight excluding hydrogens is 259 g/mol. The lowest BCUT2D eigenvalue weighted by Crippen LogP contribution is -2.07. The van der Waals surface area contributed by atoms with Gasteiger partial charge in [0.15, 0.2) is 17.3 Å². The third-order valence-corrected chi connectivity index (χ3v) is 3.02. The third-order valence-electron chi connectivity index (χ3n) is 3.02. The van der Waals surface area contributed by atoms with Gasteiger partial charge in [-0.3, -0.25) is 4.79 Å². The summed E-state index contributed by atoms with van der Waals surface area (Å²) in [4.78, 5) is 12.3. The Morgan fingerprint density at radius 3 is 2.35 bits per heavy atom. The Morgan fingerprint density at radius 2 is 1.65 bits per heavy atom. The number of benzene rings is 2. The van der Waals surface area contributed by atoms with Gasteiger partial charge in [0.2, 0.25) is 0 Å². The first-order chi connectivity index (χ1) is 9.67. The molecular formula is C16H15FO3. The van der Waals surface area contributed by atoms with Gasteiger partial charge in [-0.15, -0.1) is 0 Å². The SMILES string of the molecule is COc1ccccc1C(=O)Cc1cccc(OC)c1F. The highest BCUT2D eigenvalue weighted by Crippen LogP contribution is 2.23. The molecule has 0 aliphatic carbocycles. The number of rotatable bonds is 5. The first kappa shape index (κ1) is 14.1. The number of hydrogen-bond donors (Lipinski definition) is 0. The predicted molar refractivity (Wildman–Crippen MR) is 74.0 cm³/mol. The van der Waals surface area contributed by atoms with E-state index in [0.717, 1.165) is 0 Å². The van der Waals surface area contributed by atoms with Crippen LogP contribution in [0, 0.1) is 5.82 Å². The summed E-state index contributed by atoms with van der Waals surface area (Å²) in [5, 5.41) is 0. The summed E-state index contributed by atoms with van der Waals surface area (Å²) in [5.41, 5.74) is 0.748. The second kappa shape index (κ2) is 6.19. The number of Topliss-reactive ketones (excluding diaryl/α,β-unsaturated/α-hetero) is 1. The second-order valence-electron chi connectivity index (χ2n) is 4.23. The molecule has 4 heteroatoms. The molecule has 0 atom stereocenters. The van der Waals surface area contributed by atoms with Gasteiger partial charge in [0.1, 0.15) is 5.75 Å². The van der Waals surface area contributed by atoms with Crippen molar-refractivity contribution < 1.29 is 18.7 Å². The van der Waals surface area contributed by atoms with Crippen LogP contribution >= 0.6 is 0 Å². The van der Waals surface area contributed by atoms with Crippen LogP contribution < -0.4 is 9.47 Å². The molecule has 104 valence electrons. The Balaban J connectivity index is 2.28. The van der Waals surface area contributed by atoms with Crippen molar-refractivity contribution >= 4 is 5.78 Å².